The molecule has 0 aliphatic carbocycles. The highest BCUT2D eigenvalue weighted by atomic mass is 19.4. The summed E-state index contributed by atoms with van der Waals surface area (Å²) in [5.74, 6) is -2.13. The largest absolute Gasteiger partial charge is 0.416 e. The van der Waals surface area contributed by atoms with Crippen molar-refractivity contribution in [3.05, 3.63) is 160 Å². The van der Waals surface area contributed by atoms with E-state index in [1.54, 1.807) is 52.2 Å². The Morgan fingerprint density at radius 1 is 0.840 bits per heavy atom. The van der Waals surface area contributed by atoms with Crippen LogP contribution >= 0.6 is 0 Å². The molecule has 2 heterocycles. The number of carbonyl (C=O) groups excluding carboxylic acids is 1. The summed E-state index contributed by atoms with van der Waals surface area (Å²) in [4.78, 5) is 33.4. The van der Waals surface area contributed by atoms with Gasteiger partial charge in [0.05, 0.1) is 23.1 Å². The minimum absolute atomic E-state index is 0.115. The SMILES string of the molecule is Cn1cnc(CCN(Cc2ccc(-c3ccc(C(F)(F)F)cc3)cc2)C(=O)Cn2c(CCc3cccc(F)c3F)cc(=O)c3ccccc32)c1. The number of carbonyl (C=O) groups is 1. The van der Waals surface area contributed by atoms with Crippen molar-refractivity contribution in [1.29, 1.82) is 0 Å². The van der Waals surface area contributed by atoms with Crippen molar-refractivity contribution in [2.45, 2.75) is 38.5 Å². The van der Waals surface area contributed by atoms with Crippen molar-refractivity contribution >= 4 is 16.8 Å². The van der Waals surface area contributed by atoms with Gasteiger partial charge in [-0.25, -0.2) is 13.8 Å². The summed E-state index contributed by atoms with van der Waals surface area (Å²) < 4.78 is 71.2. The van der Waals surface area contributed by atoms with Gasteiger partial charge in [0.1, 0.15) is 6.54 Å². The molecular formula is C39H33F5N4O2. The predicted octanol–water partition coefficient (Wildman–Crippen LogP) is 7.76. The summed E-state index contributed by atoms with van der Waals surface area (Å²) in [6, 6.07) is 24.6. The molecule has 50 heavy (non-hydrogen) atoms. The number of benzene rings is 4. The van der Waals surface area contributed by atoms with E-state index < -0.39 is 23.4 Å². The standard InChI is InChI=1S/C39H33F5N4O2/c1-46-23-31(45-25-46)19-20-47(22-26-9-11-27(12-10-26)28-13-16-30(17-14-28)39(42,43)44)37(50)24-48-32(18-15-29-5-4-7-34(40)38(29)41)21-36(49)33-6-2-3-8-35(33)48/h2-14,16-17,21,23,25H,15,18-20,22,24H2,1H3. The number of aryl methyl sites for hydroxylation is 3. The lowest BCUT2D eigenvalue weighted by molar-refractivity contribution is -0.137. The molecule has 0 fully saturated rings. The number of hydrogen-bond acceptors (Lipinski definition) is 3. The van der Waals surface area contributed by atoms with Gasteiger partial charge in [0.15, 0.2) is 17.1 Å². The highest BCUT2D eigenvalue weighted by Crippen LogP contribution is 2.31. The maximum Gasteiger partial charge on any atom is 0.416 e. The van der Waals surface area contributed by atoms with Crippen LogP contribution in [0.2, 0.25) is 0 Å². The average Bonchev–Trinajstić information content (AvgIpc) is 3.53. The molecule has 0 aliphatic rings. The normalized spacial score (nSPS) is 11.6. The molecule has 0 saturated carbocycles. The van der Waals surface area contributed by atoms with Crippen LogP contribution in [0.15, 0.2) is 114 Å². The van der Waals surface area contributed by atoms with E-state index in [4.69, 9.17) is 0 Å². The monoisotopic (exact) mass is 684 g/mol. The molecule has 256 valence electrons. The first kappa shape index (κ1) is 34.3. The van der Waals surface area contributed by atoms with Crippen molar-refractivity contribution < 1.29 is 26.7 Å². The third kappa shape index (κ3) is 7.83. The van der Waals surface area contributed by atoms with Gasteiger partial charge in [-0.1, -0.05) is 60.7 Å². The zero-order chi connectivity index (χ0) is 35.4. The predicted molar refractivity (Wildman–Crippen MR) is 181 cm³/mol. The van der Waals surface area contributed by atoms with Crippen LogP contribution in [0.1, 0.15) is 28.1 Å². The fourth-order valence-electron chi connectivity index (χ4n) is 6.02. The number of hydrogen-bond donors (Lipinski definition) is 0. The van der Waals surface area contributed by atoms with Crippen molar-refractivity contribution in [3.63, 3.8) is 0 Å². The average molecular weight is 685 g/mol. The molecule has 0 radical (unpaired) electrons. The first-order valence-corrected chi connectivity index (χ1v) is 16.0. The molecule has 0 spiro atoms. The molecule has 0 unspecified atom stereocenters. The molecule has 1 amide bonds. The Labute approximate surface area is 285 Å². The number of amides is 1. The van der Waals surface area contributed by atoms with Crippen LogP contribution in [0, 0.1) is 11.6 Å². The van der Waals surface area contributed by atoms with Gasteiger partial charge in [0.2, 0.25) is 5.91 Å². The number of fused-ring (bicyclic) bond motifs is 1. The number of aromatic nitrogens is 3. The van der Waals surface area contributed by atoms with Crippen LogP contribution in [-0.2, 0) is 50.4 Å². The Bertz CT molecular complexity index is 2190. The number of rotatable bonds is 11. The minimum Gasteiger partial charge on any atom is -0.340 e. The molecule has 2 aromatic heterocycles. The van der Waals surface area contributed by atoms with Gasteiger partial charge in [0.25, 0.3) is 0 Å². The Kier molecular flexibility index (Phi) is 9.94. The fraction of sp³-hybridized carbons (Fsp3) is 0.205. The molecule has 6 nitrogen and oxygen atoms in total. The highest BCUT2D eigenvalue weighted by molar-refractivity contribution is 5.83. The van der Waals surface area contributed by atoms with Crippen molar-refractivity contribution in [3.8, 4) is 11.1 Å². The lowest BCUT2D eigenvalue weighted by Crippen LogP contribution is -2.36. The van der Waals surface area contributed by atoms with Crippen molar-refractivity contribution in [1.82, 2.24) is 19.0 Å². The first-order chi connectivity index (χ1) is 24.0. The third-order valence-corrected chi connectivity index (χ3v) is 8.70. The van der Waals surface area contributed by atoms with E-state index in [0.29, 0.717) is 35.1 Å². The van der Waals surface area contributed by atoms with E-state index in [9.17, 15) is 31.5 Å². The van der Waals surface area contributed by atoms with Gasteiger partial charge in [-0.05, 0) is 65.4 Å². The van der Waals surface area contributed by atoms with E-state index in [2.05, 4.69) is 4.98 Å². The van der Waals surface area contributed by atoms with Gasteiger partial charge in [-0.15, -0.1) is 0 Å². The quantitative estimate of drug-likeness (QED) is 0.131. The summed E-state index contributed by atoms with van der Waals surface area (Å²) >= 11 is 0. The van der Waals surface area contributed by atoms with Gasteiger partial charge in [-0.2, -0.15) is 13.2 Å². The lowest BCUT2D eigenvalue weighted by Gasteiger charge is -2.25. The van der Waals surface area contributed by atoms with E-state index in [-0.39, 0.29) is 42.8 Å². The molecular weight excluding hydrogens is 651 g/mol. The summed E-state index contributed by atoms with van der Waals surface area (Å²) in [6.07, 6.45) is -0.0819. The summed E-state index contributed by atoms with van der Waals surface area (Å²) in [6.45, 7) is 0.451. The molecule has 0 N–H and O–H groups in total. The van der Waals surface area contributed by atoms with Crippen molar-refractivity contribution in [2.75, 3.05) is 6.54 Å². The Balaban J connectivity index is 1.28. The number of para-hydroxylation sites is 1. The summed E-state index contributed by atoms with van der Waals surface area (Å²) in [5.41, 5.74) is 3.23. The number of nitrogens with zero attached hydrogens (tertiary/aromatic N) is 4. The van der Waals surface area contributed by atoms with E-state index in [1.807, 2.05) is 29.9 Å². The maximum absolute atomic E-state index is 14.5. The second-order valence-electron chi connectivity index (χ2n) is 12.2. The zero-order valence-corrected chi connectivity index (χ0v) is 27.1. The number of alkyl halides is 3. The molecule has 6 rings (SSSR count). The smallest absolute Gasteiger partial charge is 0.340 e. The second kappa shape index (κ2) is 14.5. The summed E-state index contributed by atoms with van der Waals surface area (Å²) in [5, 5.41) is 0.430. The van der Waals surface area contributed by atoms with Gasteiger partial charge >= 0.3 is 6.18 Å². The molecule has 6 aromatic rings. The van der Waals surface area contributed by atoms with E-state index >= 15 is 0 Å². The third-order valence-electron chi connectivity index (χ3n) is 8.70. The minimum atomic E-state index is -4.42. The van der Waals surface area contributed by atoms with Gasteiger partial charge < -0.3 is 14.0 Å². The van der Waals surface area contributed by atoms with Crippen LogP contribution in [0.4, 0.5) is 22.0 Å². The second-order valence-corrected chi connectivity index (χ2v) is 12.2. The molecule has 0 aliphatic heterocycles. The van der Waals surface area contributed by atoms with E-state index in [1.165, 1.54) is 30.3 Å². The fourth-order valence-corrected chi connectivity index (χ4v) is 6.02. The highest BCUT2D eigenvalue weighted by Gasteiger charge is 2.30. The number of imidazole rings is 1. The Morgan fingerprint density at radius 3 is 2.22 bits per heavy atom. The lowest BCUT2D eigenvalue weighted by atomic mass is 10.0. The first-order valence-electron chi connectivity index (χ1n) is 16.0. The Hall–Kier alpha value is -5.58. The number of halogens is 5. The van der Waals surface area contributed by atoms with Crippen LogP contribution in [-0.4, -0.2) is 31.5 Å². The van der Waals surface area contributed by atoms with Crippen LogP contribution in [0.25, 0.3) is 22.0 Å². The maximum atomic E-state index is 14.5. The van der Waals surface area contributed by atoms with E-state index in [0.717, 1.165) is 35.0 Å². The molecule has 0 bridgehead atoms. The molecule has 4 aromatic carbocycles. The topological polar surface area (TPSA) is 60.1 Å². The van der Waals surface area contributed by atoms with Gasteiger partial charge in [0, 0.05) is 49.9 Å². The molecule has 0 atom stereocenters. The molecule has 11 heteroatoms. The van der Waals surface area contributed by atoms with Gasteiger partial charge in [-0.3, -0.25) is 9.59 Å². The van der Waals surface area contributed by atoms with Crippen LogP contribution in [0.5, 0.6) is 0 Å². The molecule has 0 saturated heterocycles. The van der Waals surface area contributed by atoms with Crippen LogP contribution in [0.3, 0.4) is 0 Å². The van der Waals surface area contributed by atoms with Crippen LogP contribution < -0.4 is 5.43 Å². The summed E-state index contributed by atoms with van der Waals surface area (Å²) in [7, 11) is 1.86. The zero-order valence-electron chi connectivity index (χ0n) is 27.1. The Morgan fingerprint density at radius 2 is 1.54 bits per heavy atom. The number of pyridine rings is 1. The van der Waals surface area contributed by atoms with Crippen molar-refractivity contribution in [2.24, 2.45) is 7.05 Å².